The lowest BCUT2D eigenvalue weighted by atomic mass is 10.1. The Morgan fingerprint density at radius 3 is 2.67 bits per heavy atom. The van der Waals surface area contributed by atoms with E-state index in [1.54, 1.807) is 29.2 Å². The molecule has 1 aromatic rings. The molecule has 0 bridgehead atoms. The van der Waals surface area contributed by atoms with Gasteiger partial charge in [-0.25, -0.2) is 0 Å². The van der Waals surface area contributed by atoms with Crippen LogP contribution in [0.3, 0.4) is 0 Å². The molecule has 0 atom stereocenters. The van der Waals surface area contributed by atoms with Crippen molar-refractivity contribution in [2.24, 2.45) is 0 Å². The summed E-state index contributed by atoms with van der Waals surface area (Å²) in [5.74, 6) is -1.12. The SMILES string of the molecule is O=C(O)CCCNC(=O)CCCCCN1C(=O)/C(=C/c2cccc(Cl)c2Cl)SC1=S. The first kappa shape index (κ1) is 24.7. The number of aliphatic carboxylic acids is 1. The maximum absolute atomic E-state index is 12.7. The molecule has 6 nitrogen and oxygen atoms in total. The molecule has 2 N–H and O–H groups in total. The van der Waals surface area contributed by atoms with Crippen LogP contribution in [0.1, 0.15) is 44.1 Å². The van der Waals surface area contributed by atoms with Gasteiger partial charge in [-0.2, -0.15) is 0 Å². The molecule has 0 saturated carbocycles. The monoisotopic (exact) mass is 488 g/mol. The molecule has 0 aliphatic carbocycles. The van der Waals surface area contributed by atoms with Gasteiger partial charge in [-0.3, -0.25) is 19.3 Å². The highest BCUT2D eigenvalue weighted by Gasteiger charge is 2.31. The topological polar surface area (TPSA) is 86.7 Å². The number of carboxylic acids is 1. The van der Waals surface area contributed by atoms with Crippen LogP contribution in [0.2, 0.25) is 10.0 Å². The van der Waals surface area contributed by atoms with Gasteiger partial charge >= 0.3 is 5.97 Å². The molecule has 30 heavy (non-hydrogen) atoms. The fraction of sp³-hybridized carbons (Fsp3) is 0.400. The van der Waals surface area contributed by atoms with Crippen LogP contribution in [0, 0.1) is 0 Å². The van der Waals surface area contributed by atoms with E-state index < -0.39 is 5.97 Å². The van der Waals surface area contributed by atoms with Gasteiger partial charge in [0.25, 0.3) is 5.91 Å². The molecule has 0 radical (unpaired) electrons. The standard InChI is InChI=1S/C20H22Cl2N2O4S2/c21-14-7-4-6-13(18(14)22)12-15-19(28)24(20(29)30-15)11-3-1-2-8-16(25)23-10-5-9-17(26)27/h4,6-7,12H,1-3,5,8-11H2,(H,23,25)(H,26,27)/b15-12-. The largest absolute Gasteiger partial charge is 0.481 e. The quantitative estimate of drug-likeness (QED) is 0.265. The third-order valence-electron chi connectivity index (χ3n) is 4.32. The minimum absolute atomic E-state index is 0.0437. The van der Waals surface area contributed by atoms with Gasteiger partial charge in [0, 0.05) is 25.9 Å². The minimum atomic E-state index is -0.870. The summed E-state index contributed by atoms with van der Waals surface area (Å²) >= 11 is 18.8. The van der Waals surface area contributed by atoms with Crippen LogP contribution in [0.5, 0.6) is 0 Å². The number of amides is 2. The number of unbranched alkanes of at least 4 members (excludes halogenated alkanes) is 2. The maximum atomic E-state index is 12.7. The predicted octanol–water partition coefficient (Wildman–Crippen LogP) is 4.74. The molecular formula is C20H22Cl2N2O4S2. The Kier molecular flexibility index (Phi) is 10.1. The lowest BCUT2D eigenvalue weighted by Crippen LogP contribution is -2.29. The molecule has 1 fully saturated rings. The van der Waals surface area contributed by atoms with Crippen LogP contribution < -0.4 is 5.32 Å². The van der Waals surface area contributed by atoms with E-state index in [0.29, 0.717) is 57.2 Å². The maximum Gasteiger partial charge on any atom is 0.303 e. The van der Waals surface area contributed by atoms with Gasteiger partial charge in [0.2, 0.25) is 5.91 Å². The number of carbonyl (C=O) groups is 3. The van der Waals surface area contributed by atoms with E-state index in [4.69, 9.17) is 40.5 Å². The normalized spacial score (nSPS) is 15.1. The summed E-state index contributed by atoms with van der Waals surface area (Å²) in [6.07, 6.45) is 4.72. The number of nitrogens with one attached hydrogen (secondary N) is 1. The van der Waals surface area contributed by atoms with Crippen molar-refractivity contribution in [3.05, 3.63) is 38.7 Å². The number of thioether (sulfide) groups is 1. The zero-order valence-corrected chi connectivity index (χ0v) is 19.3. The molecule has 0 aromatic heterocycles. The predicted molar refractivity (Wildman–Crippen MR) is 125 cm³/mol. The van der Waals surface area contributed by atoms with Crippen LogP contribution in [-0.2, 0) is 14.4 Å². The highest BCUT2D eigenvalue weighted by Crippen LogP contribution is 2.35. The molecular weight excluding hydrogens is 467 g/mol. The van der Waals surface area contributed by atoms with Crippen LogP contribution in [-0.4, -0.2) is 45.2 Å². The second-order valence-electron chi connectivity index (χ2n) is 6.63. The minimum Gasteiger partial charge on any atom is -0.481 e. The number of halogens is 2. The number of nitrogens with zero attached hydrogens (tertiary/aromatic N) is 1. The van der Waals surface area contributed by atoms with Gasteiger partial charge in [-0.15, -0.1) is 0 Å². The van der Waals surface area contributed by atoms with Crippen molar-refractivity contribution in [1.82, 2.24) is 10.2 Å². The third kappa shape index (κ3) is 7.58. The molecule has 1 aliphatic heterocycles. The van der Waals surface area contributed by atoms with Crippen LogP contribution in [0.15, 0.2) is 23.1 Å². The van der Waals surface area contributed by atoms with E-state index in [9.17, 15) is 14.4 Å². The van der Waals surface area contributed by atoms with Gasteiger partial charge in [-0.05, 0) is 37.0 Å². The van der Waals surface area contributed by atoms with Gasteiger partial charge in [0.15, 0.2) is 0 Å². The van der Waals surface area contributed by atoms with Gasteiger partial charge in [0.05, 0.1) is 15.0 Å². The van der Waals surface area contributed by atoms with Crippen molar-refractivity contribution in [3.63, 3.8) is 0 Å². The average molecular weight is 489 g/mol. The molecule has 2 rings (SSSR count). The molecule has 0 spiro atoms. The van der Waals surface area contributed by atoms with Crippen molar-refractivity contribution in [2.75, 3.05) is 13.1 Å². The Bertz CT molecular complexity index is 861. The number of hydrogen-bond donors (Lipinski definition) is 2. The lowest BCUT2D eigenvalue weighted by Gasteiger charge is -2.14. The smallest absolute Gasteiger partial charge is 0.303 e. The summed E-state index contributed by atoms with van der Waals surface area (Å²) < 4.78 is 0.501. The van der Waals surface area contributed by atoms with E-state index in [1.165, 1.54) is 11.8 Å². The Morgan fingerprint density at radius 2 is 1.93 bits per heavy atom. The molecule has 1 aromatic carbocycles. The molecule has 2 amide bonds. The highest BCUT2D eigenvalue weighted by atomic mass is 35.5. The Hall–Kier alpha value is -1.61. The zero-order chi connectivity index (χ0) is 22.1. The van der Waals surface area contributed by atoms with E-state index in [1.807, 2.05) is 0 Å². The molecule has 10 heteroatoms. The van der Waals surface area contributed by atoms with Gasteiger partial charge in [0.1, 0.15) is 4.32 Å². The summed E-state index contributed by atoms with van der Waals surface area (Å²) in [5, 5.41) is 12.1. The Labute approximate surface area is 195 Å². The number of rotatable bonds is 11. The van der Waals surface area contributed by atoms with Crippen LogP contribution in [0.4, 0.5) is 0 Å². The Morgan fingerprint density at radius 1 is 1.17 bits per heavy atom. The fourth-order valence-electron chi connectivity index (χ4n) is 2.75. The first-order valence-electron chi connectivity index (χ1n) is 9.47. The second kappa shape index (κ2) is 12.3. The van der Waals surface area contributed by atoms with Crippen molar-refractivity contribution >= 4 is 75.4 Å². The van der Waals surface area contributed by atoms with Crippen molar-refractivity contribution in [3.8, 4) is 0 Å². The Balaban J connectivity index is 1.73. The molecule has 1 heterocycles. The van der Waals surface area contributed by atoms with Crippen LogP contribution >= 0.6 is 47.2 Å². The summed E-state index contributed by atoms with van der Waals surface area (Å²) in [4.78, 5) is 36.8. The molecule has 162 valence electrons. The van der Waals surface area contributed by atoms with Crippen molar-refractivity contribution < 1.29 is 19.5 Å². The average Bonchev–Trinajstić information content (AvgIpc) is 2.95. The van der Waals surface area contributed by atoms with Gasteiger partial charge in [-0.1, -0.05) is 65.7 Å². The second-order valence-corrected chi connectivity index (χ2v) is 9.10. The van der Waals surface area contributed by atoms with Crippen molar-refractivity contribution in [2.45, 2.75) is 38.5 Å². The summed E-state index contributed by atoms with van der Waals surface area (Å²) in [6, 6.07) is 5.24. The van der Waals surface area contributed by atoms with Gasteiger partial charge < -0.3 is 10.4 Å². The number of thiocarbonyl (C=S) groups is 1. The fourth-order valence-corrected chi connectivity index (χ4v) is 4.42. The van der Waals surface area contributed by atoms with E-state index in [2.05, 4.69) is 5.32 Å². The number of carbonyl (C=O) groups excluding carboxylic acids is 2. The van der Waals surface area contributed by atoms with E-state index >= 15 is 0 Å². The summed E-state index contributed by atoms with van der Waals surface area (Å²) in [7, 11) is 0. The molecule has 1 saturated heterocycles. The molecule has 1 aliphatic rings. The van der Waals surface area contributed by atoms with Crippen LogP contribution in [0.25, 0.3) is 6.08 Å². The third-order valence-corrected chi connectivity index (χ3v) is 6.53. The van der Waals surface area contributed by atoms with E-state index in [-0.39, 0.29) is 18.2 Å². The first-order chi connectivity index (χ1) is 14.3. The van der Waals surface area contributed by atoms with E-state index in [0.717, 1.165) is 12.8 Å². The number of carboxylic acid groups (broad SMARTS) is 1. The zero-order valence-electron chi connectivity index (χ0n) is 16.2. The lowest BCUT2D eigenvalue weighted by molar-refractivity contribution is -0.137. The highest BCUT2D eigenvalue weighted by molar-refractivity contribution is 8.26. The summed E-state index contributed by atoms with van der Waals surface area (Å²) in [5.41, 5.74) is 0.666. The summed E-state index contributed by atoms with van der Waals surface area (Å²) in [6.45, 7) is 0.857. The molecule has 0 unspecified atom stereocenters. The number of benzene rings is 1. The first-order valence-corrected chi connectivity index (χ1v) is 11.5. The van der Waals surface area contributed by atoms with Crippen molar-refractivity contribution in [1.29, 1.82) is 0 Å². The number of hydrogen-bond acceptors (Lipinski definition) is 5.